The van der Waals surface area contributed by atoms with E-state index in [1.54, 1.807) is 4.58 Å². The molecule has 0 saturated carbocycles. The van der Waals surface area contributed by atoms with Gasteiger partial charge in [0.25, 0.3) is 0 Å². The predicted octanol–water partition coefficient (Wildman–Crippen LogP) is -0.299. The fourth-order valence-electron chi connectivity index (χ4n) is 0.807. The van der Waals surface area contributed by atoms with Gasteiger partial charge in [0.1, 0.15) is 6.21 Å². The lowest BCUT2D eigenvalue weighted by Crippen LogP contribution is -2.20. The molecule has 0 amide bonds. The summed E-state index contributed by atoms with van der Waals surface area (Å²) in [5, 5.41) is 0. The van der Waals surface area contributed by atoms with Crippen LogP contribution in [-0.2, 0) is 4.79 Å². The lowest BCUT2D eigenvalue weighted by molar-refractivity contribution is -0.360. The predicted molar refractivity (Wildman–Crippen MR) is 35.2 cm³/mol. The second kappa shape index (κ2) is 2.09. The van der Waals surface area contributed by atoms with E-state index in [2.05, 4.69) is 4.99 Å². The molecule has 0 aliphatic carbocycles. The number of ketones is 1. The molecule has 1 aliphatic rings. The van der Waals surface area contributed by atoms with Gasteiger partial charge in [-0.25, -0.2) is 4.58 Å². The van der Waals surface area contributed by atoms with Crippen LogP contribution in [0.1, 0.15) is 6.92 Å². The molecule has 0 atom stereocenters. The van der Waals surface area contributed by atoms with Gasteiger partial charge in [0, 0.05) is 6.92 Å². The summed E-state index contributed by atoms with van der Waals surface area (Å²) in [6.07, 6.45) is 1.87. The fraction of sp³-hybridized carbons (Fsp3) is 0.500. The van der Waals surface area contributed by atoms with Crippen molar-refractivity contribution in [3.05, 3.63) is 0 Å². The average Bonchev–Trinajstić information content (AvgIpc) is 2.13. The van der Waals surface area contributed by atoms with Gasteiger partial charge in [0.05, 0.1) is 7.05 Å². The molecule has 0 aromatic heterocycles. The first kappa shape index (κ1) is 6.13. The van der Waals surface area contributed by atoms with Crippen LogP contribution in [0.15, 0.2) is 4.99 Å². The van der Waals surface area contributed by atoms with Gasteiger partial charge >= 0.3 is 5.84 Å². The number of Topliss-reactive ketones (excluding diaryl/α,β-unsaturated/α-hetero) is 1. The van der Waals surface area contributed by atoms with Crippen LogP contribution in [0.4, 0.5) is 0 Å². The van der Waals surface area contributed by atoms with Crippen molar-refractivity contribution >= 4 is 17.8 Å². The van der Waals surface area contributed by atoms with Crippen molar-refractivity contribution in [2.45, 2.75) is 6.92 Å². The topological polar surface area (TPSA) is 32.4 Å². The Morgan fingerprint density at radius 2 is 2.56 bits per heavy atom. The molecule has 0 bridgehead atoms. The molecule has 0 radical (unpaired) electrons. The van der Waals surface area contributed by atoms with Gasteiger partial charge in [0.2, 0.25) is 5.78 Å². The standard InChI is InChI=1S/C6H9N2O/c1-5(9)6-7-3-4-8(6)2/h4H,3H2,1-2H3/q+1. The summed E-state index contributed by atoms with van der Waals surface area (Å²) in [4.78, 5) is 14.6. The monoisotopic (exact) mass is 125 g/mol. The van der Waals surface area contributed by atoms with E-state index in [0.717, 1.165) is 0 Å². The molecule has 0 fully saturated rings. The van der Waals surface area contributed by atoms with E-state index in [1.807, 2.05) is 13.3 Å². The normalized spacial score (nSPS) is 17.1. The maximum atomic E-state index is 10.7. The number of hydrogen-bond donors (Lipinski definition) is 0. The summed E-state index contributed by atoms with van der Waals surface area (Å²) >= 11 is 0. The van der Waals surface area contributed by atoms with Crippen molar-refractivity contribution in [2.24, 2.45) is 4.99 Å². The molecule has 1 aliphatic heterocycles. The van der Waals surface area contributed by atoms with Crippen LogP contribution < -0.4 is 0 Å². The van der Waals surface area contributed by atoms with Crippen LogP contribution in [0.3, 0.4) is 0 Å². The third kappa shape index (κ3) is 1.04. The highest BCUT2D eigenvalue weighted by molar-refractivity contribution is 6.35. The van der Waals surface area contributed by atoms with E-state index in [0.29, 0.717) is 12.4 Å². The highest BCUT2D eigenvalue weighted by Gasteiger charge is 2.20. The number of carbonyl (C=O) groups excluding carboxylic acids is 1. The minimum absolute atomic E-state index is 0.0336. The maximum Gasteiger partial charge on any atom is 0.360 e. The molecule has 48 valence electrons. The lowest BCUT2D eigenvalue weighted by atomic mass is 10.4. The zero-order valence-electron chi connectivity index (χ0n) is 5.59. The van der Waals surface area contributed by atoms with E-state index in [1.165, 1.54) is 6.92 Å². The van der Waals surface area contributed by atoms with Gasteiger partial charge in [-0.1, -0.05) is 4.99 Å². The van der Waals surface area contributed by atoms with Gasteiger partial charge in [-0.2, -0.15) is 0 Å². The summed E-state index contributed by atoms with van der Waals surface area (Å²) in [5.41, 5.74) is 0. The second-order valence-corrected chi connectivity index (χ2v) is 2.01. The van der Waals surface area contributed by atoms with Crippen LogP contribution in [0.5, 0.6) is 0 Å². The van der Waals surface area contributed by atoms with Gasteiger partial charge in [-0.05, 0) is 0 Å². The van der Waals surface area contributed by atoms with Crippen molar-refractivity contribution in [3.8, 4) is 0 Å². The average molecular weight is 125 g/mol. The molecule has 1 rings (SSSR count). The third-order valence-corrected chi connectivity index (χ3v) is 1.25. The van der Waals surface area contributed by atoms with Crippen molar-refractivity contribution < 1.29 is 9.37 Å². The zero-order valence-corrected chi connectivity index (χ0v) is 5.59. The Morgan fingerprint density at radius 3 is 2.78 bits per heavy atom. The van der Waals surface area contributed by atoms with E-state index >= 15 is 0 Å². The number of carbonyl (C=O) groups is 1. The molecule has 3 heteroatoms. The van der Waals surface area contributed by atoms with Crippen molar-refractivity contribution in [1.29, 1.82) is 0 Å². The smallest absolute Gasteiger partial charge is 0.286 e. The highest BCUT2D eigenvalue weighted by Crippen LogP contribution is 1.88. The largest absolute Gasteiger partial charge is 0.360 e. The van der Waals surface area contributed by atoms with Crippen LogP contribution in [0, 0.1) is 0 Å². The molecule has 0 saturated heterocycles. The SMILES string of the molecule is CC(=O)C1=NCC=[N+]1C. The molecule has 9 heavy (non-hydrogen) atoms. The van der Waals surface area contributed by atoms with E-state index in [9.17, 15) is 4.79 Å². The summed E-state index contributed by atoms with van der Waals surface area (Å²) < 4.78 is 1.75. The Labute approximate surface area is 53.7 Å². The zero-order chi connectivity index (χ0) is 6.85. The Morgan fingerprint density at radius 1 is 1.89 bits per heavy atom. The molecule has 0 aromatic rings. The first-order chi connectivity index (χ1) is 4.22. The van der Waals surface area contributed by atoms with Gasteiger partial charge in [-0.3, -0.25) is 4.79 Å². The first-order valence-corrected chi connectivity index (χ1v) is 2.83. The molecule has 0 N–H and O–H groups in total. The quantitative estimate of drug-likeness (QED) is 0.443. The molecule has 1 heterocycles. The summed E-state index contributed by atoms with van der Waals surface area (Å²) in [6.45, 7) is 2.17. The second-order valence-electron chi connectivity index (χ2n) is 2.01. The van der Waals surface area contributed by atoms with Crippen molar-refractivity contribution in [1.82, 2.24) is 0 Å². The first-order valence-electron chi connectivity index (χ1n) is 2.83. The van der Waals surface area contributed by atoms with Crippen LogP contribution >= 0.6 is 0 Å². The fourth-order valence-corrected chi connectivity index (χ4v) is 0.807. The Kier molecular flexibility index (Phi) is 1.42. The number of amidine groups is 1. The minimum atomic E-state index is 0.0336. The highest BCUT2D eigenvalue weighted by atomic mass is 16.1. The number of rotatable bonds is 1. The number of nitrogens with zero attached hydrogens (tertiary/aromatic N) is 2. The third-order valence-electron chi connectivity index (χ3n) is 1.25. The molecule has 0 spiro atoms. The summed E-state index contributed by atoms with van der Waals surface area (Å²) in [6, 6.07) is 0. The molecule has 0 unspecified atom stereocenters. The number of aliphatic imine (C=N–C) groups is 1. The molecular formula is C6H9N2O+. The van der Waals surface area contributed by atoms with E-state index in [4.69, 9.17) is 0 Å². The summed E-state index contributed by atoms with van der Waals surface area (Å²) in [7, 11) is 1.83. The van der Waals surface area contributed by atoms with E-state index in [-0.39, 0.29) is 5.78 Å². The maximum absolute atomic E-state index is 10.7. The van der Waals surface area contributed by atoms with Crippen LogP contribution in [-0.4, -0.2) is 36.0 Å². The Balaban J connectivity index is 2.84. The van der Waals surface area contributed by atoms with Crippen molar-refractivity contribution in [2.75, 3.05) is 13.6 Å². The number of likely N-dealkylation sites (N-methyl/N-ethyl adjacent to an activating group) is 1. The molecule has 3 nitrogen and oxygen atoms in total. The van der Waals surface area contributed by atoms with Crippen molar-refractivity contribution in [3.63, 3.8) is 0 Å². The Bertz CT molecular complexity index is 203. The van der Waals surface area contributed by atoms with Gasteiger partial charge in [0.15, 0.2) is 6.54 Å². The molecule has 0 aromatic carbocycles. The molecular weight excluding hydrogens is 116 g/mol. The van der Waals surface area contributed by atoms with Gasteiger partial charge in [-0.15, -0.1) is 0 Å². The minimum Gasteiger partial charge on any atom is -0.286 e. The van der Waals surface area contributed by atoms with Crippen LogP contribution in [0.2, 0.25) is 0 Å². The summed E-state index contributed by atoms with van der Waals surface area (Å²) in [5.74, 6) is 0.598. The lowest BCUT2D eigenvalue weighted by Gasteiger charge is -1.86. The number of hydrogen-bond acceptors (Lipinski definition) is 2. The van der Waals surface area contributed by atoms with Gasteiger partial charge < -0.3 is 0 Å². The Hall–Kier alpha value is -0.990. The van der Waals surface area contributed by atoms with E-state index < -0.39 is 0 Å². The van der Waals surface area contributed by atoms with Crippen LogP contribution in [0.25, 0.3) is 0 Å².